The maximum atomic E-state index is 12.1. The molecule has 8 heteroatoms. The van der Waals surface area contributed by atoms with Gasteiger partial charge >= 0.3 is 0 Å². The summed E-state index contributed by atoms with van der Waals surface area (Å²) in [5.41, 5.74) is 0.887. The minimum atomic E-state index is -0.317. The highest BCUT2D eigenvalue weighted by Gasteiger charge is 2.21. The second-order valence-electron chi connectivity index (χ2n) is 5.53. The maximum Gasteiger partial charge on any atom is 0.232 e. The number of benzene rings is 1. The third-order valence-electron chi connectivity index (χ3n) is 3.86. The quantitative estimate of drug-likeness (QED) is 0.605. The molecule has 1 N–H and O–H groups in total. The number of carbonyl (C=O) groups excluding carboxylic acids is 3. The van der Waals surface area contributed by atoms with Gasteiger partial charge in [-0.2, -0.15) is 0 Å². The second-order valence-corrected chi connectivity index (χ2v) is 6.38. The van der Waals surface area contributed by atoms with Crippen LogP contribution in [-0.4, -0.2) is 60.7 Å². The fourth-order valence-electron chi connectivity index (χ4n) is 2.45. The molecule has 0 spiro atoms. The fourth-order valence-corrected chi connectivity index (χ4v) is 2.95. The number of nitrogens with zero attached hydrogens (tertiary/aromatic N) is 2. The molecule has 24 heavy (non-hydrogen) atoms. The van der Waals surface area contributed by atoms with Crippen molar-refractivity contribution < 1.29 is 14.4 Å². The zero-order valence-electron chi connectivity index (χ0n) is 13.1. The summed E-state index contributed by atoms with van der Waals surface area (Å²) in [7, 11) is 0. The van der Waals surface area contributed by atoms with Crippen LogP contribution >= 0.6 is 23.2 Å². The highest BCUT2D eigenvalue weighted by Crippen LogP contribution is 2.21. The Hall–Kier alpha value is -1.79. The van der Waals surface area contributed by atoms with E-state index in [0.29, 0.717) is 49.2 Å². The van der Waals surface area contributed by atoms with Gasteiger partial charge in [0, 0.05) is 42.8 Å². The van der Waals surface area contributed by atoms with E-state index in [4.69, 9.17) is 23.2 Å². The summed E-state index contributed by atoms with van der Waals surface area (Å²) in [5, 5.41) is 3.84. The van der Waals surface area contributed by atoms with E-state index < -0.39 is 0 Å². The molecule has 0 atom stereocenters. The molecule has 0 bridgehead atoms. The van der Waals surface area contributed by atoms with Crippen molar-refractivity contribution >= 4 is 41.4 Å². The third-order valence-corrected chi connectivity index (χ3v) is 4.45. The summed E-state index contributed by atoms with van der Waals surface area (Å²) >= 11 is 11.9. The Kier molecular flexibility index (Phi) is 6.87. The van der Waals surface area contributed by atoms with E-state index in [1.807, 2.05) is 6.07 Å². The number of carbonyl (C=O) groups is 3. The summed E-state index contributed by atoms with van der Waals surface area (Å²) in [6, 6.07) is 5.21. The van der Waals surface area contributed by atoms with Crippen LogP contribution in [0.5, 0.6) is 0 Å². The second kappa shape index (κ2) is 8.89. The van der Waals surface area contributed by atoms with Gasteiger partial charge in [-0.15, -0.1) is 0 Å². The summed E-state index contributed by atoms with van der Waals surface area (Å²) < 4.78 is 0. The summed E-state index contributed by atoms with van der Waals surface area (Å²) in [5.74, 6) is -0.537. The predicted octanol–water partition coefficient (Wildman–Crippen LogP) is 1.34. The lowest BCUT2D eigenvalue weighted by atomic mass is 10.1. The summed E-state index contributed by atoms with van der Waals surface area (Å²) in [6.07, 6.45) is 1.15. The highest BCUT2D eigenvalue weighted by atomic mass is 35.5. The van der Waals surface area contributed by atoms with Crippen LogP contribution in [0.25, 0.3) is 0 Å². The molecule has 0 radical (unpaired) electrons. The van der Waals surface area contributed by atoms with Crippen LogP contribution in [0.1, 0.15) is 12.0 Å². The van der Waals surface area contributed by atoms with E-state index in [1.54, 1.807) is 21.9 Å². The molecule has 1 aliphatic heterocycles. The summed E-state index contributed by atoms with van der Waals surface area (Å²) in [4.78, 5) is 37.8. The number of nitrogens with one attached hydrogen (secondary N) is 1. The molecule has 0 unspecified atom stereocenters. The molecule has 1 fully saturated rings. The van der Waals surface area contributed by atoms with Crippen molar-refractivity contribution in [3.05, 3.63) is 33.8 Å². The topological polar surface area (TPSA) is 69.7 Å². The molecule has 1 saturated heterocycles. The monoisotopic (exact) mass is 371 g/mol. The molecule has 0 aromatic heterocycles. The van der Waals surface area contributed by atoms with Crippen molar-refractivity contribution in [3.8, 4) is 0 Å². The predicted molar refractivity (Wildman–Crippen MR) is 92.0 cm³/mol. The van der Waals surface area contributed by atoms with Crippen molar-refractivity contribution in [2.45, 2.75) is 12.8 Å². The largest absolute Gasteiger partial charge is 0.355 e. The number of amides is 3. The smallest absolute Gasteiger partial charge is 0.232 e. The fraction of sp³-hybridized carbons (Fsp3) is 0.438. The molecular formula is C16H19Cl2N3O3. The lowest BCUT2D eigenvalue weighted by molar-refractivity contribution is -0.138. The number of hydrogen-bond acceptors (Lipinski definition) is 3. The van der Waals surface area contributed by atoms with Gasteiger partial charge in [0.25, 0.3) is 0 Å². The lowest BCUT2D eigenvalue weighted by Crippen LogP contribution is -2.49. The standard InChI is InChI=1S/C16H19Cl2N3O3/c17-13-2-1-12(14(18)9-13)3-4-19-15(23)10-16(24)21-7-5-20(11-22)6-8-21/h1-2,9,11H,3-8,10H2,(H,19,23). The molecule has 0 saturated carbocycles. The molecule has 1 heterocycles. The Bertz CT molecular complexity index is 617. The first-order valence-electron chi connectivity index (χ1n) is 7.67. The van der Waals surface area contributed by atoms with Gasteiger partial charge < -0.3 is 15.1 Å². The van der Waals surface area contributed by atoms with Gasteiger partial charge in [0.2, 0.25) is 18.2 Å². The van der Waals surface area contributed by atoms with Crippen LogP contribution < -0.4 is 5.32 Å². The van der Waals surface area contributed by atoms with E-state index in [2.05, 4.69) is 5.32 Å². The Morgan fingerprint density at radius 2 is 1.88 bits per heavy atom. The normalized spacial score (nSPS) is 14.4. The number of piperazine rings is 1. The first-order valence-corrected chi connectivity index (χ1v) is 8.43. The Balaban J connectivity index is 1.71. The van der Waals surface area contributed by atoms with Gasteiger partial charge in [-0.3, -0.25) is 14.4 Å². The maximum absolute atomic E-state index is 12.1. The molecular weight excluding hydrogens is 353 g/mol. The molecule has 1 aromatic carbocycles. The van der Waals surface area contributed by atoms with Crippen LogP contribution in [0.2, 0.25) is 10.0 Å². The Morgan fingerprint density at radius 1 is 1.17 bits per heavy atom. The van der Waals surface area contributed by atoms with Crippen molar-refractivity contribution in [1.29, 1.82) is 0 Å². The number of rotatable bonds is 6. The van der Waals surface area contributed by atoms with Gasteiger partial charge in [-0.25, -0.2) is 0 Å². The van der Waals surface area contributed by atoms with E-state index in [-0.39, 0.29) is 18.2 Å². The van der Waals surface area contributed by atoms with Gasteiger partial charge in [0.1, 0.15) is 6.42 Å². The highest BCUT2D eigenvalue weighted by molar-refractivity contribution is 6.35. The minimum Gasteiger partial charge on any atom is -0.355 e. The van der Waals surface area contributed by atoms with Crippen LogP contribution in [0.3, 0.4) is 0 Å². The average Bonchev–Trinajstić information content (AvgIpc) is 2.57. The average molecular weight is 372 g/mol. The van der Waals surface area contributed by atoms with Crippen molar-refractivity contribution in [2.75, 3.05) is 32.7 Å². The van der Waals surface area contributed by atoms with Gasteiger partial charge in [0.05, 0.1) is 0 Å². The third kappa shape index (κ3) is 5.39. The first-order chi connectivity index (χ1) is 11.5. The molecule has 6 nitrogen and oxygen atoms in total. The number of hydrogen-bond donors (Lipinski definition) is 1. The van der Waals surface area contributed by atoms with E-state index >= 15 is 0 Å². The minimum absolute atomic E-state index is 0.185. The molecule has 1 aromatic rings. The van der Waals surface area contributed by atoms with E-state index in [1.165, 1.54) is 0 Å². The van der Waals surface area contributed by atoms with Crippen LogP contribution in [0, 0.1) is 0 Å². The Morgan fingerprint density at radius 3 is 2.50 bits per heavy atom. The molecule has 3 amide bonds. The van der Waals surface area contributed by atoms with Crippen LogP contribution in [-0.2, 0) is 20.8 Å². The molecule has 2 rings (SSSR count). The summed E-state index contributed by atoms with van der Waals surface area (Å²) in [6.45, 7) is 2.33. The Labute approximate surface area is 150 Å². The molecule has 130 valence electrons. The number of halogens is 2. The zero-order valence-corrected chi connectivity index (χ0v) is 14.6. The van der Waals surface area contributed by atoms with E-state index in [9.17, 15) is 14.4 Å². The van der Waals surface area contributed by atoms with Crippen LogP contribution in [0.15, 0.2) is 18.2 Å². The van der Waals surface area contributed by atoms with Gasteiger partial charge in [-0.05, 0) is 24.1 Å². The molecule has 1 aliphatic rings. The SMILES string of the molecule is O=CN1CCN(C(=O)CC(=O)NCCc2ccc(Cl)cc2Cl)CC1. The molecule has 0 aliphatic carbocycles. The van der Waals surface area contributed by atoms with Crippen LogP contribution in [0.4, 0.5) is 0 Å². The van der Waals surface area contributed by atoms with Crippen molar-refractivity contribution in [3.63, 3.8) is 0 Å². The lowest BCUT2D eigenvalue weighted by Gasteiger charge is -2.32. The van der Waals surface area contributed by atoms with Crippen molar-refractivity contribution in [2.24, 2.45) is 0 Å². The first kappa shape index (κ1) is 18.5. The van der Waals surface area contributed by atoms with Gasteiger partial charge in [0.15, 0.2) is 0 Å². The van der Waals surface area contributed by atoms with Gasteiger partial charge in [-0.1, -0.05) is 29.3 Å². The van der Waals surface area contributed by atoms with E-state index in [0.717, 1.165) is 12.0 Å². The van der Waals surface area contributed by atoms with Crippen molar-refractivity contribution in [1.82, 2.24) is 15.1 Å². The zero-order chi connectivity index (χ0) is 17.5.